The van der Waals surface area contributed by atoms with E-state index in [4.69, 9.17) is 4.74 Å². The molecule has 1 saturated carbocycles. The highest BCUT2D eigenvalue weighted by Gasteiger charge is 2.49. The second kappa shape index (κ2) is 5.55. The van der Waals surface area contributed by atoms with E-state index in [1.54, 1.807) is 6.20 Å². The fourth-order valence-corrected chi connectivity index (χ4v) is 3.83. The van der Waals surface area contributed by atoms with Gasteiger partial charge in [0, 0.05) is 18.5 Å². The topological polar surface area (TPSA) is 60.2 Å². The third-order valence-electron chi connectivity index (χ3n) is 5.50. The van der Waals surface area contributed by atoms with Crippen molar-refractivity contribution in [3.05, 3.63) is 23.5 Å². The number of rotatable bonds is 3. The van der Waals surface area contributed by atoms with Crippen LogP contribution in [0.5, 0.6) is 0 Å². The van der Waals surface area contributed by atoms with Crippen LogP contribution in [0.25, 0.3) is 11.0 Å². The molecule has 24 heavy (non-hydrogen) atoms. The van der Waals surface area contributed by atoms with Gasteiger partial charge in [0.05, 0.1) is 36.2 Å². The lowest BCUT2D eigenvalue weighted by atomic mass is 9.92. The molecule has 1 atom stereocenters. The Morgan fingerprint density at radius 2 is 2.25 bits per heavy atom. The van der Waals surface area contributed by atoms with E-state index < -0.39 is 0 Å². The highest BCUT2D eigenvalue weighted by atomic mass is 16.5. The Hall–Kier alpha value is -1.95. The van der Waals surface area contributed by atoms with Gasteiger partial charge in [0.15, 0.2) is 5.65 Å². The van der Waals surface area contributed by atoms with Crippen LogP contribution < -0.4 is 0 Å². The Morgan fingerprint density at radius 3 is 2.96 bits per heavy atom. The maximum atomic E-state index is 13.3. The van der Waals surface area contributed by atoms with E-state index in [2.05, 4.69) is 17.0 Å². The number of pyridine rings is 1. The first-order valence-electron chi connectivity index (χ1n) is 8.77. The Bertz CT molecular complexity index is 796. The summed E-state index contributed by atoms with van der Waals surface area (Å²) < 4.78 is 7.56. The van der Waals surface area contributed by atoms with Gasteiger partial charge in [0.25, 0.3) is 5.91 Å². The summed E-state index contributed by atoms with van der Waals surface area (Å²) in [4.78, 5) is 20.0. The standard InChI is InChI=1S/C18H24N4O2/c1-4-22-16-13(10-19-22)9-15(12(2)20-16)17(23)21-7-8-24-11-18(21,3)14-5-6-14/h9-10,14H,4-8,11H2,1-3H3. The smallest absolute Gasteiger partial charge is 0.256 e. The Labute approximate surface area is 141 Å². The quantitative estimate of drug-likeness (QED) is 0.868. The largest absolute Gasteiger partial charge is 0.377 e. The van der Waals surface area contributed by atoms with Gasteiger partial charge in [-0.3, -0.25) is 4.79 Å². The lowest BCUT2D eigenvalue weighted by Gasteiger charge is -2.45. The van der Waals surface area contributed by atoms with Crippen LogP contribution in [0.15, 0.2) is 12.3 Å². The van der Waals surface area contributed by atoms with E-state index in [-0.39, 0.29) is 11.4 Å². The Kier molecular flexibility index (Phi) is 3.60. The number of fused-ring (bicyclic) bond motifs is 1. The number of amides is 1. The van der Waals surface area contributed by atoms with Crippen molar-refractivity contribution in [3.63, 3.8) is 0 Å². The van der Waals surface area contributed by atoms with Gasteiger partial charge in [0.2, 0.25) is 0 Å². The average Bonchev–Trinajstić information content (AvgIpc) is 3.36. The van der Waals surface area contributed by atoms with Crippen molar-refractivity contribution in [1.82, 2.24) is 19.7 Å². The van der Waals surface area contributed by atoms with Gasteiger partial charge in [0.1, 0.15) is 0 Å². The molecular weight excluding hydrogens is 304 g/mol. The highest BCUT2D eigenvalue weighted by Crippen LogP contribution is 2.44. The molecule has 128 valence electrons. The number of ether oxygens (including phenoxy) is 1. The zero-order valence-electron chi connectivity index (χ0n) is 14.6. The van der Waals surface area contributed by atoms with Crippen LogP contribution in [0, 0.1) is 12.8 Å². The predicted octanol–water partition coefficient (Wildman–Crippen LogP) is 2.40. The van der Waals surface area contributed by atoms with E-state index >= 15 is 0 Å². The van der Waals surface area contributed by atoms with Crippen LogP contribution in [-0.2, 0) is 11.3 Å². The lowest BCUT2D eigenvalue weighted by Crippen LogP contribution is -2.58. The summed E-state index contributed by atoms with van der Waals surface area (Å²) in [6.07, 6.45) is 4.16. The molecule has 4 rings (SSSR count). The Morgan fingerprint density at radius 1 is 1.46 bits per heavy atom. The number of hydrogen-bond donors (Lipinski definition) is 0. The maximum absolute atomic E-state index is 13.3. The summed E-state index contributed by atoms with van der Waals surface area (Å²) in [6, 6.07) is 1.95. The first kappa shape index (κ1) is 15.6. The van der Waals surface area contributed by atoms with Gasteiger partial charge >= 0.3 is 0 Å². The molecule has 1 unspecified atom stereocenters. The van der Waals surface area contributed by atoms with Crippen LogP contribution >= 0.6 is 0 Å². The van der Waals surface area contributed by atoms with Gasteiger partial charge in [-0.15, -0.1) is 0 Å². The molecule has 0 aromatic carbocycles. The predicted molar refractivity (Wildman–Crippen MR) is 90.9 cm³/mol. The van der Waals surface area contributed by atoms with E-state index in [0.717, 1.165) is 23.3 Å². The maximum Gasteiger partial charge on any atom is 0.256 e. The molecule has 2 fully saturated rings. The van der Waals surface area contributed by atoms with Crippen LogP contribution in [0.1, 0.15) is 42.7 Å². The van der Waals surface area contributed by atoms with Crippen molar-refractivity contribution in [2.45, 2.75) is 45.7 Å². The molecule has 1 aliphatic heterocycles. The lowest BCUT2D eigenvalue weighted by molar-refractivity contribution is -0.0547. The fourth-order valence-electron chi connectivity index (χ4n) is 3.83. The summed E-state index contributed by atoms with van der Waals surface area (Å²) in [5, 5.41) is 5.27. The SMILES string of the molecule is CCn1ncc2cc(C(=O)N3CCOCC3(C)C3CC3)c(C)nc21. The number of morpholine rings is 1. The zero-order valence-corrected chi connectivity index (χ0v) is 14.6. The first-order chi connectivity index (χ1) is 11.5. The van der Waals surface area contributed by atoms with Crippen molar-refractivity contribution >= 4 is 16.9 Å². The van der Waals surface area contributed by atoms with Crippen molar-refractivity contribution in [2.24, 2.45) is 5.92 Å². The second-order valence-corrected chi connectivity index (χ2v) is 7.14. The molecule has 1 amide bonds. The van der Waals surface area contributed by atoms with Crippen molar-refractivity contribution in [1.29, 1.82) is 0 Å². The number of carbonyl (C=O) groups excluding carboxylic acids is 1. The number of aromatic nitrogens is 3. The van der Waals surface area contributed by atoms with E-state index in [9.17, 15) is 4.79 Å². The van der Waals surface area contributed by atoms with Gasteiger partial charge < -0.3 is 9.64 Å². The first-order valence-corrected chi connectivity index (χ1v) is 8.77. The van der Waals surface area contributed by atoms with Gasteiger partial charge in [-0.05, 0) is 45.6 Å². The molecule has 6 nitrogen and oxygen atoms in total. The van der Waals surface area contributed by atoms with E-state index in [1.165, 1.54) is 12.8 Å². The van der Waals surface area contributed by atoms with Crippen molar-refractivity contribution < 1.29 is 9.53 Å². The molecule has 2 aromatic heterocycles. The number of nitrogens with zero attached hydrogens (tertiary/aromatic N) is 4. The molecule has 0 radical (unpaired) electrons. The highest BCUT2D eigenvalue weighted by molar-refractivity contribution is 5.98. The average molecular weight is 328 g/mol. The molecule has 0 bridgehead atoms. The second-order valence-electron chi connectivity index (χ2n) is 7.14. The summed E-state index contributed by atoms with van der Waals surface area (Å²) in [5.74, 6) is 0.630. The number of carbonyl (C=O) groups is 1. The third-order valence-corrected chi connectivity index (χ3v) is 5.50. The van der Waals surface area contributed by atoms with Crippen molar-refractivity contribution in [3.8, 4) is 0 Å². The van der Waals surface area contributed by atoms with Gasteiger partial charge in [-0.2, -0.15) is 5.10 Å². The zero-order chi connectivity index (χ0) is 16.9. The summed E-state index contributed by atoms with van der Waals surface area (Å²) in [6.45, 7) is 8.77. The molecule has 1 saturated heterocycles. The third kappa shape index (κ3) is 2.32. The van der Waals surface area contributed by atoms with E-state index in [0.29, 0.717) is 31.2 Å². The van der Waals surface area contributed by atoms with Crippen LogP contribution in [0.2, 0.25) is 0 Å². The molecule has 3 heterocycles. The molecular formula is C18H24N4O2. The van der Waals surface area contributed by atoms with Gasteiger partial charge in [-0.1, -0.05) is 0 Å². The fraction of sp³-hybridized carbons (Fsp3) is 0.611. The van der Waals surface area contributed by atoms with Crippen LogP contribution in [0.3, 0.4) is 0 Å². The number of hydrogen-bond acceptors (Lipinski definition) is 4. The van der Waals surface area contributed by atoms with Crippen LogP contribution in [0.4, 0.5) is 0 Å². The number of aryl methyl sites for hydroxylation is 2. The Balaban J connectivity index is 1.73. The molecule has 0 spiro atoms. The molecule has 2 aliphatic rings. The molecule has 6 heteroatoms. The molecule has 1 aliphatic carbocycles. The molecule has 2 aromatic rings. The summed E-state index contributed by atoms with van der Waals surface area (Å²) >= 11 is 0. The summed E-state index contributed by atoms with van der Waals surface area (Å²) in [7, 11) is 0. The minimum atomic E-state index is -0.190. The minimum absolute atomic E-state index is 0.0730. The van der Waals surface area contributed by atoms with Crippen molar-refractivity contribution in [2.75, 3.05) is 19.8 Å². The van der Waals surface area contributed by atoms with E-state index in [1.807, 2.05) is 29.5 Å². The van der Waals surface area contributed by atoms with Gasteiger partial charge in [-0.25, -0.2) is 9.67 Å². The minimum Gasteiger partial charge on any atom is -0.377 e. The van der Waals surface area contributed by atoms with Crippen LogP contribution in [-0.4, -0.2) is 50.9 Å². The molecule has 0 N–H and O–H groups in total. The monoisotopic (exact) mass is 328 g/mol. The normalized spacial score (nSPS) is 24.5. The summed E-state index contributed by atoms with van der Waals surface area (Å²) in [5.41, 5.74) is 2.11.